The molecule has 1 heterocycles. The molecule has 0 fully saturated rings. The van der Waals surface area contributed by atoms with Gasteiger partial charge in [0.1, 0.15) is 0 Å². The lowest BCUT2D eigenvalue weighted by atomic mass is 10.1. The van der Waals surface area contributed by atoms with Gasteiger partial charge in [-0.2, -0.15) is 0 Å². The molecule has 66 valence electrons. The molecule has 13 heavy (non-hydrogen) atoms. The van der Waals surface area contributed by atoms with Crippen molar-refractivity contribution in [2.24, 2.45) is 5.73 Å². The summed E-state index contributed by atoms with van der Waals surface area (Å²) in [5.74, 6) is 0.103. The van der Waals surface area contributed by atoms with Crippen LogP contribution in [-0.4, -0.2) is 12.3 Å². The van der Waals surface area contributed by atoms with Crippen LogP contribution in [-0.2, 0) is 0 Å². The largest absolute Gasteiger partial charge is 0.327 e. The molecule has 3 heteroatoms. The highest BCUT2D eigenvalue weighted by molar-refractivity contribution is 8.04. The van der Waals surface area contributed by atoms with Gasteiger partial charge in [0.2, 0.25) is 5.78 Å². The highest BCUT2D eigenvalue weighted by Crippen LogP contribution is 2.39. The molecule has 0 saturated carbocycles. The van der Waals surface area contributed by atoms with Crippen LogP contribution in [0.25, 0.3) is 0 Å². The van der Waals surface area contributed by atoms with E-state index in [4.69, 9.17) is 5.73 Å². The van der Waals surface area contributed by atoms with Gasteiger partial charge in [0.15, 0.2) is 0 Å². The molecule has 1 aromatic carbocycles. The van der Waals surface area contributed by atoms with Crippen LogP contribution in [0.3, 0.4) is 0 Å². The first-order chi connectivity index (χ1) is 6.33. The van der Waals surface area contributed by atoms with Gasteiger partial charge in [0, 0.05) is 17.0 Å². The minimum Gasteiger partial charge on any atom is -0.327 e. The first kappa shape index (κ1) is 8.53. The van der Waals surface area contributed by atoms with Crippen molar-refractivity contribution in [3.8, 4) is 0 Å². The summed E-state index contributed by atoms with van der Waals surface area (Å²) in [6.07, 6.45) is 1.77. The average molecular weight is 191 g/mol. The third-order valence-corrected chi connectivity index (χ3v) is 3.03. The van der Waals surface area contributed by atoms with Crippen LogP contribution in [0, 0.1) is 0 Å². The number of fused-ring (bicyclic) bond motifs is 1. The van der Waals surface area contributed by atoms with Crippen LogP contribution >= 0.6 is 11.8 Å². The monoisotopic (exact) mass is 191 g/mol. The van der Waals surface area contributed by atoms with Gasteiger partial charge in [0.05, 0.1) is 4.91 Å². The SMILES string of the molecule is NCC=C1Sc2ccccc2C1=O. The van der Waals surface area contributed by atoms with Crippen LogP contribution in [0.5, 0.6) is 0 Å². The molecule has 0 radical (unpaired) electrons. The lowest BCUT2D eigenvalue weighted by molar-refractivity contribution is 0.104. The summed E-state index contributed by atoms with van der Waals surface area (Å²) >= 11 is 1.50. The fourth-order valence-corrected chi connectivity index (χ4v) is 2.32. The summed E-state index contributed by atoms with van der Waals surface area (Å²) in [7, 11) is 0. The molecule has 2 N–H and O–H groups in total. The standard InChI is InChI=1S/C10H9NOS/c11-6-5-9-10(12)7-3-1-2-4-8(7)13-9/h1-5H,6,11H2. The number of hydrogen-bond acceptors (Lipinski definition) is 3. The number of rotatable bonds is 1. The van der Waals surface area contributed by atoms with Crippen LogP contribution < -0.4 is 5.73 Å². The zero-order valence-electron chi connectivity index (χ0n) is 6.99. The molecule has 0 aliphatic carbocycles. The summed E-state index contributed by atoms with van der Waals surface area (Å²) in [6, 6.07) is 7.62. The maximum absolute atomic E-state index is 11.6. The van der Waals surface area contributed by atoms with Crippen molar-refractivity contribution in [3.05, 3.63) is 40.8 Å². The van der Waals surface area contributed by atoms with Crippen molar-refractivity contribution in [2.75, 3.05) is 6.54 Å². The molecule has 0 saturated heterocycles. The second kappa shape index (κ2) is 3.36. The first-order valence-electron chi connectivity index (χ1n) is 4.04. The molecule has 1 aliphatic rings. The van der Waals surface area contributed by atoms with Gasteiger partial charge in [0.25, 0.3) is 0 Å². The maximum atomic E-state index is 11.6. The van der Waals surface area contributed by atoms with E-state index in [0.29, 0.717) is 6.54 Å². The van der Waals surface area contributed by atoms with E-state index < -0.39 is 0 Å². The smallest absolute Gasteiger partial charge is 0.200 e. The molecule has 1 aromatic rings. The van der Waals surface area contributed by atoms with Crippen LogP contribution in [0.4, 0.5) is 0 Å². The van der Waals surface area contributed by atoms with E-state index in [1.807, 2.05) is 24.3 Å². The van der Waals surface area contributed by atoms with Gasteiger partial charge in [-0.15, -0.1) is 0 Å². The lowest BCUT2D eigenvalue weighted by Gasteiger charge is -1.90. The average Bonchev–Trinajstić information content (AvgIpc) is 2.46. The highest BCUT2D eigenvalue weighted by atomic mass is 32.2. The Morgan fingerprint density at radius 1 is 1.38 bits per heavy atom. The number of hydrogen-bond donors (Lipinski definition) is 1. The Kier molecular flexibility index (Phi) is 2.20. The van der Waals surface area contributed by atoms with Crippen molar-refractivity contribution in [2.45, 2.75) is 4.90 Å². The lowest BCUT2D eigenvalue weighted by Crippen LogP contribution is -1.99. The summed E-state index contributed by atoms with van der Waals surface area (Å²) in [5.41, 5.74) is 6.16. The molecule has 0 amide bonds. The maximum Gasteiger partial charge on any atom is 0.200 e. The Morgan fingerprint density at radius 2 is 2.15 bits per heavy atom. The molecule has 0 aromatic heterocycles. The normalized spacial score (nSPS) is 17.9. The number of carbonyl (C=O) groups is 1. The van der Waals surface area contributed by atoms with Crippen molar-refractivity contribution >= 4 is 17.5 Å². The molecule has 0 spiro atoms. The van der Waals surface area contributed by atoms with E-state index in [-0.39, 0.29) is 5.78 Å². The van der Waals surface area contributed by atoms with Gasteiger partial charge in [-0.05, 0) is 12.1 Å². The number of nitrogens with two attached hydrogens (primary N) is 1. The van der Waals surface area contributed by atoms with E-state index in [9.17, 15) is 4.79 Å². The Bertz CT molecular complexity index is 384. The van der Waals surface area contributed by atoms with Crippen LogP contribution in [0.15, 0.2) is 40.1 Å². The zero-order valence-corrected chi connectivity index (χ0v) is 7.80. The highest BCUT2D eigenvalue weighted by Gasteiger charge is 2.24. The van der Waals surface area contributed by atoms with Crippen molar-refractivity contribution in [3.63, 3.8) is 0 Å². The van der Waals surface area contributed by atoms with Crippen molar-refractivity contribution in [1.82, 2.24) is 0 Å². The fraction of sp³-hybridized carbons (Fsp3) is 0.100. The Morgan fingerprint density at radius 3 is 2.85 bits per heavy atom. The predicted octanol–water partition coefficient (Wildman–Crippen LogP) is 1.82. The van der Waals surface area contributed by atoms with Crippen LogP contribution in [0.2, 0.25) is 0 Å². The fourth-order valence-electron chi connectivity index (χ4n) is 1.28. The third kappa shape index (κ3) is 1.41. The van der Waals surface area contributed by atoms with Gasteiger partial charge < -0.3 is 5.73 Å². The van der Waals surface area contributed by atoms with Crippen molar-refractivity contribution < 1.29 is 4.79 Å². The Balaban J connectivity index is 2.44. The number of Topliss-reactive ketones (excluding diaryl/α,β-unsaturated/α-hetero) is 1. The number of thioether (sulfide) groups is 1. The summed E-state index contributed by atoms with van der Waals surface area (Å²) in [4.78, 5) is 13.4. The van der Waals surface area contributed by atoms with E-state index in [1.54, 1.807) is 6.08 Å². The van der Waals surface area contributed by atoms with Gasteiger partial charge in [-0.25, -0.2) is 0 Å². The molecular weight excluding hydrogens is 182 g/mol. The minimum atomic E-state index is 0.103. The van der Waals surface area contributed by atoms with Crippen LogP contribution in [0.1, 0.15) is 10.4 Å². The second-order valence-electron chi connectivity index (χ2n) is 2.73. The Labute approximate surface area is 80.8 Å². The number of carbonyl (C=O) groups excluding carboxylic acids is 1. The zero-order chi connectivity index (χ0) is 9.26. The predicted molar refractivity (Wildman–Crippen MR) is 53.8 cm³/mol. The molecular formula is C10H9NOS. The van der Waals surface area contributed by atoms with E-state index in [2.05, 4.69) is 0 Å². The van der Waals surface area contributed by atoms with E-state index >= 15 is 0 Å². The molecule has 0 unspecified atom stereocenters. The molecule has 0 atom stereocenters. The summed E-state index contributed by atoms with van der Waals surface area (Å²) in [5, 5.41) is 0. The third-order valence-electron chi connectivity index (χ3n) is 1.88. The Hall–Kier alpha value is -1.06. The molecule has 2 nitrogen and oxygen atoms in total. The van der Waals surface area contributed by atoms with E-state index in [1.165, 1.54) is 11.8 Å². The second-order valence-corrected chi connectivity index (χ2v) is 3.82. The quantitative estimate of drug-likeness (QED) is 0.688. The molecule has 2 rings (SSSR count). The summed E-state index contributed by atoms with van der Waals surface area (Å²) in [6.45, 7) is 0.419. The number of ketones is 1. The van der Waals surface area contributed by atoms with Gasteiger partial charge in [-0.3, -0.25) is 4.79 Å². The molecule has 0 bridgehead atoms. The van der Waals surface area contributed by atoms with Gasteiger partial charge >= 0.3 is 0 Å². The first-order valence-corrected chi connectivity index (χ1v) is 4.86. The number of benzene rings is 1. The van der Waals surface area contributed by atoms with Crippen molar-refractivity contribution in [1.29, 1.82) is 0 Å². The topological polar surface area (TPSA) is 43.1 Å². The molecule has 1 aliphatic heterocycles. The van der Waals surface area contributed by atoms with Gasteiger partial charge in [-0.1, -0.05) is 30.0 Å². The number of allylic oxidation sites excluding steroid dienone is 1. The van der Waals surface area contributed by atoms with E-state index in [0.717, 1.165) is 15.4 Å². The minimum absolute atomic E-state index is 0.103. The summed E-state index contributed by atoms with van der Waals surface area (Å²) < 4.78 is 0.